The summed E-state index contributed by atoms with van der Waals surface area (Å²) >= 11 is 1.44. The summed E-state index contributed by atoms with van der Waals surface area (Å²) in [6.45, 7) is 6.11. The average Bonchev–Trinajstić information content (AvgIpc) is 3.29. The van der Waals surface area contributed by atoms with Crippen LogP contribution in [-0.4, -0.2) is 31.8 Å². The molecule has 0 bridgehead atoms. The highest BCUT2D eigenvalue weighted by Gasteiger charge is 2.08. The average molecular weight is 384 g/mol. The number of hydrogen-bond acceptors (Lipinski definition) is 7. The Morgan fingerprint density at radius 2 is 2.15 bits per heavy atom. The molecule has 2 heterocycles. The molecule has 8 heteroatoms. The van der Waals surface area contributed by atoms with Crippen molar-refractivity contribution < 1.29 is 14.3 Å². The Morgan fingerprint density at radius 3 is 2.89 bits per heavy atom. The molecule has 7 nitrogen and oxygen atoms in total. The maximum atomic E-state index is 11.8. The van der Waals surface area contributed by atoms with Gasteiger partial charge in [0, 0.05) is 29.4 Å². The lowest BCUT2D eigenvalue weighted by molar-refractivity contribution is -0.138. The quantitative estimate of drug-likeness (QED) is 0.456. The topological polar surface area (TPSA) is 79.1 Å². The number of nitrogens with zero attached hydrogens (tertiary/aromatic N) is 4. The van der Waals surface area contributed by atoms with Crippen LogP contribution in [0.1, 0.15) is 24.4 Å². The van der Waals surface area contributed by atoms with E-state index in [9.17, 15) is 4.79 Å². The van der Waals surface area contributed by atoms with Gasteiger partial charge in [-0.2, -0.15) is 0 Å². The largest absolute Gasteiger partial charge is 0.491 e. The van der Waals surface area contributed by atoms with E-state index >= 15 is 0 Å². The van der Waals surface area contributed by atoms with Crippen molar-refractivity contribution in [3.05, 3.63) is 52.8 Å². The van der Waals surface area contributed by atoms with Gasteiger partial charge in [0.15, 0.2) is 5.82 Å². The van der Waals surface area contributed by atoms with Crippen molar-refractivity contribution >= 4 is 23.5 Å². The van der Waals surface area contributed by atoms with Crippen LogP contribution in [0.2, 0.25) is 0 Å². The lowest BCUT2D eigenvalue weighted by Crippen LogP contribution is -2.05. The van der Waals surface area contributed by atoms with E-state index in [-0.39, 0.29) is 12.7 Å². The van der Waals surface area contributed by atoms with Gasteiger partial charge in [-0.15, -0.1) is 16.4 Å². The third kappa shape index (κ3) is 5.49. The summed E-state index contributed by atoms with van der Waals surface area (Å²) in [5.41, 5.74) is 1.91. The van der Waals surface area contributed by atoms with Gasteiger partial charge >= 0.3 is 5.97 Å². The van der Waals surface area contributed by atoms with Gasteiger partial charge < -0.3 is 9.47 Å². The van der Waals surface area contributed by atoms with E-state index in [1.54, 1.807) is 6.20 Å². The third-order valence-electron chi connectivity index (χ3n) is 3.37. The molecule has 2 aromatic heterocycles. The number of carbonyl (C=O) groups is 1. The normalized spacial score (nSPS) is 11.3. The Morgan fingerprint density at radius 1 is 1.30 bits per heavy atom. The second-order valence-electron chi connectivity index (χ2n) is 6.10. The smallest absolute Gasteiger partial charge is 0.332 e. The molecular formula is C19H20N4O3S. The molecule has 0 atom stereocenters. The summed E-state index contributed by atoms with van der Waals surface area (Å²) in [6.07, 6.45) is 6.09. The van der Waals surface area contributed by atoms with E-state index in [0.29, 0.717) is 5.82 Å². The van der Waals surface area contributed by atoms with Gasteiger partial charge in [0.05, 0.1) is 6.10 Å². The van der Waals surface area contributed by atoms with Crippen molar-refractivity contribution in [3.63, 3.8) is 0 Å². The van der Waals surface area contributed by atoms with Gasteiger partial charge in [0.2, 0.25) is 0 Å². The molecule has 0 spiro atoms. The molecule has 0 N–H and O–H groups in total. The van der Waals surface area contributed by atoms with Crippen LogP contribution in [-0.2, 0) is 16.1 Å². The molecule has 0 radical (unpaired) electrons. The molecular weight excluding hydrogens is 364 g/mol. The van der Waals surface area contributed by atoms with E-state index in [4.69, 9.17) is 9.47 Å². The Balaban J connectivity index is 1.65. The molecule has 27 heavy (non-hydrogen) atoms. The first-order chi connectivity index (χ1) is 13.0. The molecule has 0 unspecified atom stereocenters. The first-order valence-corrected chi connectivity index (χ1v) is 9.31. The van der Waals surface area contributed by atoms with Crippen molar-refractivity contribution in [3.8, 4) is 17.1 Å². The van der Waals surface area contributed by atoms with Gasteiger partial charge in [-0.3, -0.25) is 0 Å². The summed E-state index contributed by atoms with van der Waals surface area (Å²) in [5.74, 6) is 0.858. The minimum absolute atomic E-state index is 0.0866. The van der Waals surface area contributed by atoms with E-state index in [1.165, 1.54) is 34.6 Å². The molecule has 1 aromatic carbocycles. The van der Waals surface area contributed by atoms with Gasteiger partial charge in [-0.1, -0.05) is 0 Å². The highest BCUT2D eigenvalue weighted by Crippen LogP contribution is 2.24. The molecule has 0 aliphatic rings. The minimum atomic E-state index is -0.467. The predicted molar refractivity (Wildman–Crippen MR) is 103 cm³/mol. The number of benzene rings is 1. The number of esters is 1. The Bertz CT molecular complexity index is 932. The van der Waals surface area contributed by atoms with E-state index in [0.717, 1.165) is 21.9 Å². The van der Waals surface area contributed by atoms with Crippen molar-refractivity contribution in [1.82, 2.24) is 19.7 Å². The fourth-order valence-electron chi connectivity index (χ4n) is 2.34. The van der Waals surface area contributed by atoms with Crippen molar-refractivity contribution in [1.29, 1.82) is 0 Å². The van der Waals surface area contributed by atoms with Gasteiger partial charge in [-0.05, 0) is 44.5 Å². The fraction of sp³-hybridized carbons (Fsp3) is 0.263. The van der Waals surface area contributed by atoms with Crippen LogP contribution in [0.4, 0.5) is 0 Å². The van der Waals surface area contributed by atoms with Crippen LogP contribution in [0.25, 0.3) is 17.6 Å². The highest BCUT2D eigenvalue weighted by molar-refractivity contribution is 7.09. The Kier molecular flexibility index (Phi) is 5.97. The number of ether oxygens (including phenoxy) is 2. The van der Waals surface area contributed by atoms with Crippen molar-refractivity contribution in [2.24, 2.45) is 0 Å². The lowest BCUT2D eigenvalue weighted by atomic mass is 10.1. The maximum Gasteiger partial charge on any atom is 0.332 e. The fourth-order valence-corrected chi connectivity index (χ4v) is 2.87. The van der Waals surface area contributed by atoms with Gasteiger partial charge in [0.1, 0.15) is 23.7 Å². The first kappa shape index (κ1) is 18.8. The molecule has 0 amide bonds. The van der Waals surface area contributed by atoms with E-state index in [1.807, 2.05) is 44.4 Å². The number of thiazole rings is 1. The number of rotatable bonds is 7. The Labute approximate surface area is 161 Å². The molecule has 0 saturated carbocycles. The zero-order chi connectivity index (χ0) is 19.2. The zero-order valence-electron chi connectivity index (χ0n) is 15.3. The van der Waals surface area contributed by atoms with Crippen LogP contribution >= 0.6 is 11.3 Å². The predicted octanol–water partition coefficient (Wildman–Crippen LogP) is 3.71. The summed E-state index contributed by atoms with van der Waals surface area (Å²) in [5, 5.41) is 6.95. The summed E-state index contributed by atoms with van der Waals surface area (Å²) in [4.78, 5) is 20.1. The second kappa shape index (κ2) is 8.59. The van der Waals surface area contributed by atoms with Crippen LogP contribution < -0.4 is 4.74 Å². The second-order valence-corrected chi connectivity index (χ2v) is 7.08. The summed E-state index contributed by atoms with van der Waals surface area (Å²) in [7, 11) is 0. The minimum Gasteiger partial charge on any atom is -0.491 e. The Hall–Kier alpha value is -3.00. The van der Waals surface area contributed by atoms with Gasteiger partial charge in [0.25, 0.3) is 0 Å². The molecule has 140 valence electrons. The van der Waals surface area contributed by atoms with Crippen LogP contribution in [0.5, 0.6) is 5.75 Å². The highest BCUT2D eigenvalue weighted by atomic mass is 32.1. The van der Waals surface area contributed by atoms with Crippen LogP contribution in [0.15, 0.2) is 42.2 Å². The monoisotopic (exact) mass is 384 g/mol. The molecule has 3 rings (SSSR count). The first-order valence-electron chi connectivity index (χ1n) is 8.43. The number of aromatic nitrogens is 4. The van der Waals surface area contributed by atoms with Crippen molar-refractivity contribution in [2.75, 3.05) is 0 Å². The van der Waals surface area contributed by atoms with E-state index in [2.05, 4.69) is 15.1 Å². The number of hydrogen-bond donors (Lipinski definition) is 0. The summed E-state index contributed by atoms with van der Waals surface area (Å²) in [6, 6.07) is 5.86. The SMILES string of the molecule is Cc1cc(OC(C)C)cc(-c2ncn(/C=C\C(=O)OCc3nccs3)n2)c1. The summed E-state index contributed by atoms with van der Waals surface area (Å²) < 4.78 is 12.3. The standard InChI is InChI=1S/C19H20N4O3S/c1-13(2)26-16-9-14(3)8-15(10-16)19-21-12-23(22-19)6-4-18(24)25-11-17-20-5-7-27-17/h4-10,12-13H,11H2,1-3H3/b6-4-. The third-order valence-corrected chi connectivity index (χ3v) is 4.13. The van der Waals surface area contributed by atoms with E-state index < -0.39 is 5.97 Å². The lowest BCUT2D eigenvalue weighted by Gasteiger charge is -2.11. The van der Waals surface area contributed by atoms with Crippen molar-refractivity contribution in [2.45, 2.75) is 33.5 Å². The molecule has 0 aliphatic heterocycles. The van der Waals surface area contributed by atoms with Crippen LogP contribution in [0, 0.1) is 6.92 Å². The number of carbonyl (C=O) groups excluding carboxylic acids is 1. The molecule has 0 aliphatic carbocycles. The maximum absolute atomic E-state index is 11.8. The molecule has 3 aromatic rings. The molecule has 0 fully saturated rings. The van der Waals surface area contributed by atoms with Crippen LogP contribution in [0.3, 0.4) is 0 Å². The molecule has 0 saturated heterocycles. The zero-order valence-corrected chi connectivity index (χ0v) is 16.1. The number of aryl methyl sites for hydroxylation is 1. The van der Waals surface area contributed by atoms with Gasteiger partial charge in [-0.25, -0.2) is 19.4 Å².